The molecule has 0 saturated heterocycles. The Morgan fingerprint density at radius 3 is 2.73 bits per heavy atom. The summed E-state index contributed by atoms with van der Waals surface area (Å²) in [6, 6.07) is 11.3. The molecule has 0 fully saturated rings. The van der Waals surface area contributed by atoms with Crippen LogP contribution in [0, 0.1) is 0 Å². The van der Waals surface area contributed by atoms with Crippen molar-refractivity contribution in [3.05, 3.63) is 53.1 Å². The zero-order chi connectivity index (χ0) is 21.3. The second-order valence-electron chi connectivity index (χ2n) is 7.16. The number of aryl methyl sites for hydroxylation is 1. The van der Waals surface area contributed by atoms with Crippen LogP contribution >= 0.6 is 0 Å². The zero-order valence-electron chi connectivity index (χ0n) is 16.8. The van der Waals surface area contributed by atoms with E-state index in [-0.39, 0.29) is 12.5 Å². The lowest BCUT2D eigenvalue weighted by Gasteiger charge is -2.30. The first-order chi connectivity index (χ1) is 14.5. The highest BCUT2D eigenvalue weighted by molar-refractivity contribution is 6.37. The maximum Gasteiger partial charge on any atom is 0.264 e. The number of hydrogen-bond acceptors (Lipinski definition) is 6. The van der Waals surface area contributed by atoms with E-state index in [2.05, 4.69) is 10.4 Å². The minimum atomic E-state index is -0.605. The van der Waals surface area contributed by atoms with Gasteiger partial charge in [-0.25, -0.2) is 5.01 Å². The predicted molar refractivity (Wildman–Crippen MR) is 114 cm³/mol. The van der Waals surface area contributed by atoms with E-state index in [1.807, 2.05) is 43.3 Å². The number of ether oxygens (including phenoxy) is 2. The summed E-state index contributed by atoms with van der Waals surface area (Å²) < 4.78 is 10.9. The van der Waals surface area contributed by atoms with Gasteiger partial charge < -0.3 is 20.5 Å². The first-order valence-electron chi connectivity index (χ1n) is 9.56. The molecule has 0 aromatic heterocycles. The summed E-state index contributed by atoms with van der Waals surface area (Å²) in [6.07, 6.45) is 2.36. The molecule has 1 aliphatic heterocycles. The van der Waals surface area contributed by atoms with Crippen LogP contribution in [-0.2, 0) is 16.0 Å². The van der Waals surface area contributed by atoms with E-state index < -0.39 is 5.91 Å². The molecule has 0 spiro atoms. The maximum absolute atomic E-state index is 11.8. The van der Waals surface area contributed by atoms with Gasteiger partial charge >= 0.3 is 0 Å². The average Bonchev–Trinajstić information content (AvgIpc) is 3.20. The van der Waals surface area contributed by atoms with Gasteiger partial charge in [-0.3, -0.25) is 9.59 Å². The molecule has 1 heterocycles. The second-order valence-corrected chi connectivity index (χ2v) is 7.16. The fourth-order valence-electron chi connectivity index (χ4n) is 3.59. The number of primary amides is 1. The highest BCUT2D eigenvalue weighted by Gasteiger charge is 2.26. The number of hydrogen-bond donors (Lipinski definition) is 2. The number of anilines is 2. The first kappa shape index (κ1) is 19.5. The third kappa shape index (κ3) is 3.59. The van der Waals surface area contributed by atoms with E-state index in [9.17, 15) is 9.59 Å². The molecule has 2 amide bonds. The summed E-state index contributed by atoms with van der Waals surface area (Å²) >= 11 is 0. The lowest BCUT2D eigenvalue weighted by atomic mass is 9.89. The highest BCUT2D eigenvalue weighted by Crippen LogP contribution is 2.41. The van der Waals surface area contributed by atoms with Gasteiger partial charge in [0.05, 0.1) is 11.4 Å². The van der Waals surface area contributed by atoms with Gasteiger partial charge in [-0.2, -0.15) is 5.10 Å². The number of carbonyl (C=O) groups is 2. The quantitative estimate of drug-likeness (QED) is 0.436. The van der Waals surface area contributed by atoms with Crippen molar-refractivity contribution in [3.8, 4) is 11.5 Å². The smallest absolute Gasteiger partial charge is 0.264 e. The van der Waals surface area contributed by atoms with Crippen molar-refractivity contribution in [1.82, 2.24) is 0 Å². The molecule has 0 radical (unpaired) electrons. The van der Waals surface area contributed by atoms with Gasteiger partial charge in [-0.15, -0.1) is 0 Å². The summed E-state index contributed by atoms with van der Waals surface area (Å²) in [4.78, 5) is 22.7. The number of amides is 2. The Morgan fingerprint density at radius 2 is 1.97 bits per heavy atom. The maximum atomic E-state index is 11.8. The number of carbonyl (C=O) groups excluding carboxylic acids is 2. The van der Waals surface area contributed by atoms with E-state index in [4.69, 9.17) is 15.2 Å². The Labute approximate surface area is 174 Å². The zero-order valence-corrected chi connectivity index (χ0v) is 16.8. The number of fused-ring (bicyclic) bond motifs is 2. The minimum Gasteiger partial charge on any atom is -0.454 e. The Bertz CT molecular complexity index is 1090. The molecule has 1 aliphatic carbocycles. The van der Waals surface area contributed by atoms with Gasteiger partial charge in [0.15, 0.2) is 11.5 Å². The van der Waals surface area contributed by atoms with E-state index in [0.29, 0.717) is 29.3 Å². The third-order valence-corrected chi connectivity index (χ3v) is 5.18. The molecule has 0 unspecified atom stereocenters. The highest BCUT2D eigenvalue weighted by atomic mass is 16.7. The molecule has 2 aromatic carbocycles. The van der Waals surface area contributed by atoms with Crippen molar-refractivity contribution in [3.63, 3.8) is 0 Å². The third-order valence-electron chi connectivity index (χ3n) is 5.18. The topological polar surface area (TPSA) is 106 Å². The minimum absolute atomic E-state index is 0.160. The first-order valence-corrected chi connectivity index (χ1v) is 9.56. The molecular formula is C22H22N4O4. The van der Waals surface area contributed by atoms with Crippen LogP contribution in [0.15, 0.2) is 47.1 Å². The van der Waals surface area contributed by atoms with Crippen molar-refractivity contribution >= 4 is 35.1 Å². The molecule has 154 valence electrons. The van der Waals surface area contributed by atoms with Gasteiger partial charge in [0.2, 0.25) is 13.2 Å². The standard InChI is InChI=1S/C22H22N4O4/c1-13-3-4-15-5-6-16(24-11-27)9-18(15)21(13)26(25-14(2)22(23)28)17-7-8-19-20(10-17)30-12-29-19/h5-11H,3-4,12H2,1-2H3,(H2,23,28)(H,24,27)/b25-14+. The summed E-state index contributed by atoms with van der Waals surface area (Å²) in [5, 5.41) is 8.96. The fourth-order valence-corrected chi connectivity index (χ4v) is 3.59. The van der Waals surface area contributed by atoms with Crippen LogP contribution in [0.5, 0.6) is 11.5 Å². The van der Waals surface area contributed by atoms with Crippen molar-refractivity contribution in [2.24, 2.45) is 10.8 Å². The Hall–Kier alpha value is -3.81. The Kier molecular flexibility index (Phi) is 5.14. The SMILES string of the molecule is CC1=C(N(/N=C(\C)C(N)=O)c2ccc3c(c2)OCO3)c2cc(NC=O)ccc2CC1. The van der Waals surface area contributed by atoms with Crippen molar-refractivity contribution in [1.29, 1.82) is 0 Å². The number of nitrogens with one attached hydrogen (secondary N) is 1. The summed E-state index contributed by atoms with van der Waals surface area (Å²) in [5.41, 5.74) is 11.0. The van der Waals surface area contributed by atoms with Crippen molar-refractivity contribution < 1.29 is 19.1 Å². The summed E-state index contributed by atoms with van der Waals surface area (Å²) in [7, 11) is 0. The van der Waals surface area contributed by atoms with Crippen LogP contribution in [0.4, 0.5) is 11.4 Å². The van der Waals surface area contributed by atoms with Gasteiger partial charge in [0.25, 0.3) is 5.91 Å². The molecule has 0 bridgehead atoms. The van der Waals surface area contributed by atoms with Crippen LogP contribution in [0.2, 0.25) is 0 Å². The van der Waals surface area contributed by atoms with Crippen LogP contribution in [0.25, 0.3) is 5.70 Å². The number of rotatable bonds is 6. The summed E-state index contributed by atoms with van der Waals surface area (Å²) in [5.74, 6) is 0.656. The molecular weight excluding hydrogens is 384 g/mol. The summed E-state index contributed by atoms with van der Waals surface area (Å²) in [6.45, 7) is 3.77. The van der Waals surface area contributed by atoms with Crippen LogP contribution in [-0.4, -0.2) is 24.8 Å². The van der Waals surface area contributed by atoms with Crippen LogP contribution < -0.4 is 25.5 Å². The van der Waals surface area contributed by atoms with E-state index in [0.717, 1.165) is 35.2 Å². The molecule has 8 nitrogen and oxygen atoms in total. The molecule has 2 aromatic rings. The Balaban J connectivity index is 1.89. The van der Waals surface area contributed by atoms with Gasteiger partial charge in [0.1, 0.15) is 5.71 Å². The molecule has 0 saturated carbocycles. The number of hydrazone groups is 1. The monoisotopic (exact) mass is 406 g/mol. The fraction of sp³-hybridized carbons (Fsp3) is 0.227. The largest absolute Gasteiger partial charge is 0.454 e. The van der Waals surface area contributed by atoms with Crippen LogP contribution in [0.1, 0.15) is 31.4 Å². The number of benzene rings is 2. The molecule has 2 aliphatic rings. The number of allylic oxidation sites excluding steroid dienone is 1. The van der Waals surface area contributed by atoms with Gasteiger partial charge in [0, 0.05) is 17.3 Å². The number of nitrogens with two attached hydrogens (primary N) is 1. The second kappa shape index (κ2) is 7.90. The Morgan fingerprint density at radius 1 is 1.17 bits per heavy atom. The van der Waals surface area contributed by atoms with Crippen molar-refractivity contribution in [2.45, 2.75) is 26.7 Å². The normalized spacial score (nSPS) is 14.9. The van der Waals surface area contributed by atoms with E-state index >= 15 is 0 Å². The van der Waals surface area contributed by atoms with Crippen LogP contribution in [0.3, 0.4) is 0 Å². The lowest BCUT2D eigenvalue weighted by Crippen LogP contribution is -2.27. The number of nitrogens with zero attached hydrogens (tertiary/aromatic N) is 2. The van der Waals surface area contributed by atoms with Gasteiger partial charge in [-0.05, 0) is 62.1 Å². The molecule has 4 rings (SSSR count). The predicted octanol–water partition coefficient (Wildman–Crippen LogP) is 3.03. The molecule has 8 heteroatoms. The lowest BCUT2D eigenvalue weighted by molar-refractivity contribution is -0.112. The van der Waals surface area contributed by atoms with E-state index in [1.54, 1.807) is 11.9 Å². The van der Waals surface area contributed by atoms with Crippen molar-refractivity contribution in [2.75, 3.05) is 17.1 Å². The molecule has 0 atom stereocenters. The average molecular weight is 406 g/mol. The van der Waals surface area contributed by atoms with Gasteiger partial charge in [-0.1, -0.05) is 6.07 Å². The molecule has 3 N–H and O–H groups in total. The molecule has 30 heavy (non-hydrogen) atoms. The van der Waals surface area contributed by atoms with E-state index in [1.165, 1.54) is 0 Å².